The molecule has 0 bridgehead atoms. The second-order valence-electron chi connectivity index (χ2n) is 3.26. The fraction of sp³-hybridized carbons (Fsp3) is 1.00. The van der Waals surface area contributed by atoms with E-state index in [1.165, 1.54) is 0 Å². The summed E-state index contributed by atoms with van der Waals surface area (Å²) in [7, 11) is 0. The standard InChI is InChI=1S/C8H16O4/c1-3-5-7(10)8(11)6(9)4(2)12-5/h4-11H,3H2,1-2H3/t4-,5?,6?,7+,8?/m0/s1. The van der Waals surface area contributed by atoms with Gasteiger partial charge < -0.3 is 20.1 Å². The highest BCUT2D eigenvalue weighted by Crippen LogP contribution is 2.22. The number of rotatable bonds is 1. The summed E-state index contributed by atoms with van der Waals surface area (Å²) < 4.78 is 5.27. The fourth-order valence-electron chi connectivity index (χ4n) is 1.47. The van der Waals surface area contributed by atoms with Crippen molar-refractivity contribution in [1.29, 1.82) is 0 Å². The molecule has 1 aliphatic rings. The monoisotopic (exact) mass is 176 g/mol. The van der Waals surface area contributed by atoms with E-state index in [9.17, 15) is 15.3 Å². The minimum atomic E-state index is -1.08. The Morgan fingerprint density at radius 2 is 1.67 bits per heavy atom. The van der Waals surface area contributed by atoms with Crippen LogP contribution in [0, 0.1) is 0 Å². The summed E-state index contributed by atoms with van der Waals surface area (Å²) in [4.78, 5) is 0. The normalized spacial score (nSPS) is 49.2. The molecule has 0 amide bonds. The van der Waals surface area contributed by atoms with Gasteiger partial charge in [0.15, 0.2) is 0 Å². The summed E-state index contributed by atoms with van der Waals surface area (Å²) in [5, 5.41) is 28.0. The number of aliphatic hydroxyl groups is 3. The van der Waals surface area contributed by atoms with Gasteiger partial charge in [-0.2, -0.15) is 0 Å². The molecule has 3 unspecified atom stereocenters. The van der Waals surface area contributed by atoms with Crippen molar-refractivity contribution in [3.8, 4) is 0 Å². The van der Waals surface area contributed by atoms with E-state index in [4.69, 9.17) is 4.74 Å². The molecule has 0 aromatic heterocycles. The lowest BCUT2D eigenvalue weighted by Crippen LogP contribution is -2.56. The molecule has 1 aliphatic heterocycles. The molecule has 12 heavy (non-hydrogen) atoms. The zero-order valence-electron chi connectivity index (χ0n) is 7.34. The summed E-state index contributed by atoms with van der Waals surface area (Å²) in [5.74, 6) is 0. The van der Waals surface area contributed by atoms with Gasteiger partial charge in [-0.1, -0.05) is 6.92 Å². The Morgan fingerprint density at radius 1 is 1.08 bits per heavy atom. The van der Waals surface area contributed by atoms with Crippen molar-refractivity contribution in [3.05, 3.63) is 0 Å². The number of ether oxygens (including phenoxy) is 1. The summed E-state index contributed by atoms with van der Waals surface area (Å²) in [6.07, 6.45) is -3.18. The van der Waals surface area contributed by atoms with Crippen molar-refractivity contribution in [2.75, 3.05) is 0 Å². The van der Waals surface area contributed by atoms with Gasteiger partial charge in [-0.15, -0.1) is 0 Å². The van der Waals surface area contributed by atoms with Gasteiger partial charge in [-0.3, -0.25) is 0 Å². The van der Waals surface area contributed by atoms with Gasteiger partial charge in [-0.25, -0.2) is 0 Å². The van der Waals surface area contributed by atoms with Crippen LogP contribution in [0.1, 0.15) is 20.3 Å². The average molecular weight is 176 g/mol. The van der Waals surface area contributed by atoms with Crippen molar-refractivity contribution in [2.24, 2.45) is 0 Å². The number of hydrogen-bond donors (Lipinski definition) is 3. The molecular formula is C8H16O4. The molecule has 1 rings (SSSR count). The van der Waals surface area contributed by atoms with E-state index >= 15 is 0 Å². The SMILES string of the molecule is CCC1O[C@@H](C)C(O)C(O)[C@@H]1O. The lowest BCUT2D eigenvalue weighted by atomic mass is 9.94. The van der Waals surface area contributed by atoms with Crippen LogP contribution in [0.5, 0.6) is 0 Å². The molecule has 0 spiro atoms. The number of hydrogen-bond acceptors (Lipinski definition) is 4. The summed E-state index contributed by atoms with van der Waals surface area (Å²) >= 11 is 0. The van der Waals surface area contributed by atoms with E-state index in [0.29, 0.717) is 6.42 Å². The molecule has 0 radical (unpaired) electrons. The second kappa shape index (κ2) is 3.70. The van der Waals surface area contributed by atoms with Crippen molar-refractivity contribution < 1.29 is 20.1 Å². The Kier molecular flexibility index (Phi) is 3.06. The zero-order valence-corrected chi connectivity index (χ0v) is 7.34. The zero-order chi connectivity index (χ0) is 9.30. The number of aliphatic hydroxyl groups excluding tert-OH is 3. The smallest absolute Gasteiger partial charge is 0.111 e. The second-order valence-corrected chi connectivity index (χ2v) is 3.26. The predicted molar refractivity (Wildman–Crippen MR) is 42.6 cm³/mol. The minimum Gasteiger partial charge on any atom is -0.388 e. The molecule has 0 aliphatic carbocycles. The third-order valence-corrected chi connectivity index (χ3v) is 2.35. The van der Waals surface area contributed by atoms with Crippen LogP contribution in [0.3, 0.4) is 0 Å². The molecule has 1 saturated heterocycles. The molecular weight excluding hydrogens is 160 g/mol. The van der Waals surface area contributed by atoms with Crippen LogP contribution >= 0.6 is 0 Å². The van der Waals surface area contributed by atoms with Crippen LogP contribution in [0.2, 0.25) is 0 Å². The van der Waals surface area contributed by atoms with Crippen LogP contribution in [-0.2, 0) is 4.74 Å². The van der Waals surface area contributed by atoms with Crippen LogP contribution in [0.15, 0.2) is 0 Å². The summed E-state index contributed by atoms with van der Waals surface area (Å²) in [5.41, 5.74) is 0. The maximum atomic E-state index is 9.39. The molecule has 72 valence electrons. The third kappa shape index (κ3) is 1.61. The predicted octanol–water partition coefficient (Wildman–Crippen LogP) is -0.734. The van der Waals surface area contributed by atoms with E-state index in [1.54, 1.807) is 6.92 Å². The van der Waals surface area contributed by atoms with E-state index in [2.05, 4.69) is 0 Å². The Bertz CT molecular complexity index is 145. The van der Waals surface area contributed by atoms with Gasteiger partial charge in [0.25, 0.3) is 0 Å². The van der Waals surface area contributed by atoms with Gasteiger partial charge in [0, 0.05) is 0 Å². The highest BCUT2D eigenvalue weighted by Gasteiger charge is 2.40. The molecule has 3 N–H and O–H groups in total. The van der Waals surface area contributed by atoms with Crippen LogP contribution < -0.4 is 0 Å². The van der Waals surface area contributed by atoms with Crippen molar-refractivity contribution in [1.82, 2.24) is 0 Å². The van der Waals surface area contributed by atoms with Gasteiger partial charge in [0.05, 0.1) is 12.2 Å². The first-order valence-corrected chi connectivity index (χ1v) is 4.27. The maximum Gasteiger partial charge on any atom is 0.111 e. The first-order chi connectivity index (χ1) is 5.57. The van der Waals surface area contributed by atoms with Crippen LogP contribution in [0.25, 0.3) is 0 Å². The Labute approximate surface area is 71.8 Å². The van der Waals surface area contributed by atoms with Crippen molar-refractivity contribution in [3.63, 3.8) is 0 Å². The highest BCUT2D eigenvalue weighted by atomic mass is 16.5. The summed E-state index contributed by atoms with van der Waals surface area (Å²) in [6.45, 7) is 3.55. The van der Waals surface area contributed by atoms with Crippen LogP contribution in [-0.4, -0.2) is 45.8 Å². The first kappa shape index (κ1) is 9.92. The molecule has 4 heteroatoms. The summed E-state index contributed by atoms with van der Waals surface area (Å²) in [6, 6.07) is 0. The maximum absolute atomic E-state index is 9.39. The van der Waals surface area contributed by atoms with Gasteiger partial charge in [-0.05, 0) is 13.3 Å². The molecule has 0 aromatic rings. The van der Waals surface area contributed by atoms with Crippen LogP contribution in [0.4, 0.5) is 0 Å². The molecule has 1 heterocycles. The quantitative estimate of drug-likeness (QED) is 0.492. The highest BCUT2D eigenvalue weighted by molar-refractivity contribution is 4.89. The largest absolute Gasteiger partial charge is 0.388 e. The fourth-order valence-corrected chi connectivity index (χ4v) is 1.47. The molecule has 0 saturated carbocycles. The Balaban J connectivity index is 2.63. The Morgan fingerprint density at radius 3 is 2.17 bits per heavy atom. The molecule has 5 atom stereocenters. The lowest BCUT2D eigenvalue weighted by Gasteiger charge is -2.39. The van der Waals surface area contributed by atoms with E-state index in [-0.39, 0.29) is 6.10 Å². The average Bonchev–Trinajstić information content (AvgIpc) is 2.08. The molecule has 0 aromatic carbocycles. The lowest BCUT2D eigenvalue weighted by molar-refractivity contribution is -0.217. The Hall–Kier alpha value is -0.160. The third-order valence-electron chi connectivity index (χ3n) is 2.35. The van der Waals surface area contributed by atoms with E-state index < -0.39 is 24.4 Å². The molecule has 1 fully saturated rings. The van der Waals surface area contributed by atoms with Crippen molar-refractivity contribution in [2.45, 2.75) is 50.8 Å². The first-order valence-electron chi connectivity index (χ1n) is 4.27. The topological polar surface area (TPSA) is 69.9 Å². The van der Waals surface area contributed by atoms with Gasteiger partial charge >= 0.3 is 0 Å². The molecule has 4 nitrogen and oxygen atoms in total. The van der Waals surface area contributed by atoms with E-state index in [0.717, 1.165) is 0 Å². The van der Waals surface area contributed by atoms with Gasteiger partial charge in [0.1, 0.15) is 18.3 Å². The minimum absolute atomic E-state index is 0.363. The van der Waals surface area contributed by atoms with Gasteiger partial charge in [0.2, 0.25) is 0 Å². The van der Waals surface area contributed by atoms with E-state index in [1.807, 2.05) is 6.92 Å². The van der Waals surface area contributed by atoms with Crippen molar-refractivity contribution >= 4 is 0 Å².